The number of nitrogens with one attached hydrogen (secondary N) is 1. The first-order valence-corrected chi connectivity index (χ1v) is 8.48. The Morgan fingerprint density at radius 1 is 1.41 bits per heavy atom. The van der Waals surface area contributed by atoms with Crippen LogP contribution in [0, 0.1) is 0 Å². The topological polar surface area (TPSA) is 49.4 Å². The Hall–Kier alpha value is -0.130. The van der Waals surface area contributed by atoms with Crippen molar-refractivity contribution in [1.29, 1.82) is 0 Å². The summed E-state index contributed by atoms with van der Waals surface area (Å²) in [7, 11) is -2.86. The van der Waals surface area contributed by atoms with Crippen molar-refractivity contribution < 1.29 is 8.42 Å². The second-order valence-electron chi connectivity index (χ2n) is 4.93. The molecule has 1 saturated heterocycles. The minimum absolute atomic E-state index is 0.0549. The lowest BCUT2D eigenvalue weighted by Gasteiger charge is -2.24. The van der Waals surface area contributed by atoms with E-state index in [2.05, 4.69) is 17.1 Å². The van der Waals surface area contributed by atoms with Crippen LogP contribution >= 0.6 is 0 Å². The molecule has 1 fully saturated rings. The first-order valence-electron chi connectivity index (χ1n) is 6.66. The minimum Gasteiger partial charge on any atom is -0.312 e. The Labute approximate surface area is 106 Å². The summed E-state index contributed by atoms with van der Waals surface area (Å²) in [6, 6.07) is 0.644. The highest BCUT2D eigenvalue weighted by molar-refractivity contribution is 7.91. The molecular weight excluding hydrogens is 236 g/mol. The molecule has 0 aromatic rings. The van der Waals surface area contributed by atoms with Gasteiger partial charge in [0.05, 0.1) is 5.75 Å². The van der Waals surface area contributed by atoms with Gasteiger partial charge in [-0.1, -0.05) is 13.8 Å². The van der Waals surface area contributed by atoms with Crippen molar-refractivity contribution in [3.63, 3.8) is 0 Å². The normalized spacial score (nSPS) is 24.1. The molecule has 0 saturated carbocycles. The van der Waals surface area contributed by atoms with Crippen LogP contribution in [0.2, 0.25) is 0 Å². The lowest BCUT2D eigenvalue weighted by Crippen LogP contribution is -2.43. The van der Waals surface area contributed by atoms with Crippen molar-refractivity contribution in [2.75, 3.05) is 31.1 Å². The van der Waals surface area contributed by atoms with Gasteiger partial charge in [0.15, 0.2) is 9.84 Å². The molecular formula is C12H26N2O2S. The monoisotopic (exact) mass is 262 g/mol. The highest BCUT2D eigenvalue weighted by Gasteiger charge is 2.23. The van der Waals surface area contributed by atoms with Crippen molar-refractivity contribution in [2.24, 2.45) is 0 Å². The van der Waals surface area contributed by atoms with Crippen molar-refractivity contribution in [3.05, 3.63) is 0 Å². The van der Waals surface area contributed by atoms with Crippen LogP contribution in [-0.4, -0.2) is 56.5 Å². The molecule has 0 amide bonds. The third-order valence-corrected chi connectivity index (χ3v) is 5.44. The van der Waals surface area contributed by atoms with Crippen LogP contribution < -0.4 is 5.32 Å². The molecule has 102 valence electrons. The molecule has 0 bridgehead atoms. The molecule has 1 heterocycles. The van der Waals surface area contributed by atoms with E-state index < -0.39 is 9.84 Å². The predicted molar refractivity (Wildman–Crippen MR) is 72.1 cm³/mol. The first kappa shape index (κ1) is 14.9. The SMILES string of the molecule is CCN1CCCC1CNC(C)CS(=O)(=O)CC. The van der Waals surface area contributed by atoms with Crippen LogP contribution in [0.5, 0.6) is 0 Å². The number of hydrogen-bond acceptors (Lipinski definition) is 4. The Bertz CT molecular complexity index is 316. The second kappa shape index (κ2) is 6.71. The molecule has 0 radical (unpaired) electrons. The molecule has 1 rings (SSSR count). The molecule has 2 atom stereocenters. The molecule has 0 aromatic heterocycles. The third kappa shape index (κ3) is 4.94. The van der Waals surface area contributed by atoms with E-state index >= 15 is 0 Å². The van der Waals surface area contributed by atoms with E-state index in [9.17, 15) is 8.42 Å². The van der Waals surface area contributed by atoms with Gasteiger partial charge in [-0.15, -0.1) is 0 Å². The van der Waals surface area contributed by atoms with E-state index in [0.717, 1.165) is 13.1 Å². The zero-order valence-electron chi connectivity index (χ0n) is 11.3. The summed E-state index contributed by atoms with van der Waals surface area (Å²) in [6.07, 6.45) is 2.50. The van der Waals surface area contributed by atoms with Gasteiger partial charge < -0.3 is 5.32 Å². The van der Waals surface area contributed by atoms with Gasteiger partial charge in [0.25, 0.3) is 0 Å². The van der Waals surface area contributed by atoms with Crippen LogP contribution in [0.15, 0.2) is 0 Å². The summed E-state index contributed by atoms with van der Waals surface area (Å²) in [5, 5.41) is 3.36. The van der Waals surface area contributed by atoms with Gasteiger partial charge in [-0.05, 0) is 32.9 Å². The molecule has 2 unspecified atom stereocenters. The van der Waals surface area contributed by atoms with Gasteiger partial charge >= 0.3 is 0 Å². The van der Waals surface area contributed by atoms with Crippen LogP contribution in [0.1, 0.15) is 33.6 Å². The number of sulfone groups is 1. The zero-order valence-corrected chi connectivity index (χ0v) is 12.1. The van der Waals surface area contributed by atoms with Gasteiger partial charge in [0.1, 0.15) is 0 Å². The molecule has 17 heavy (non-hydrogen) atoms. The Morgan fingerprint density at radius 3 is 2.71 bits per heavy atom. The van der Waals surface area contributed by atoms with E-state index in [4.69, 9.17) is 0 Å². The lowest BCUT2D eigenvalue weighted by molar-refractivity contribution is 0.256. The average Bonchev–Trinajstić information content (AvgIpc) is 2.73. The van der Waals surface area contributed by atoms with Gasteiger partial charge in [-0.3, -0.25) is 4.90 Å². The first-order chi connectivity index (χ1) is 7.98. The van der Waals surface area contributed by atoms with Crippen LogP contribution in [0.4, 0.5) is 0 Å². The highest BCUT2D eigenvalue weighted by Crippen LogP contribution is 2.15. The molecule has 0 aliphatic carbocycles. The predicted octanol–water partition coefficient (Wildman–Crippen LogP) is 0.884. The maximum atomic E-state index is 11.5. The van der Waals surface area contributed by atoms with E-state index in [1.807, 2.05) is 6.92 Å². The number of nitrogens with zero attached hydrogens (tertiary/aromatic N) is 1. The second-order valence-corrected chi connectivity index (χ2v) is 7.33. The van der Waals surface area contributed by atoms with Crippen molar-refractivity contribution in [2.45, 2.75) is 45.7 Å². The average molecular weight is 262 g/mol. The lowest BCUT2D eigenvalue weighted by atomic mass is 10.2. The molecule has 1 N–H and O–H groups in total. The molecule has 1 aliphatic rings. The van der Waals surface area contributed by atoms with E-state index in [1.165, 1.54) is 19.4 Å². The Kier molecular flexibility index (Phi) is 5.89. The quantitative estimate of drug-likeness (QED) is 0.740. The van der Waals surface area contributed by atoms with E-state index in [-0.39, 0.29) is 17.5 Å². The minimum atomic E-state index is -2.86. The number of rotatable bonds is 7. The summed E-state index contributed by atoms with van der Waals surface area (Å²) < 4.78 is 23.0. The number of hydrogen-bond donors (Lipinski definition) is 1. The molecule has 1 aliphatic heterocycles. The number of likely N-dealkylation sites (N-methyl/N-ethyl adjacent to an activating group) is 1. The van der Waals surface area contributed by atoms with Gasteiger partial charge in [-0.2, -0.15) is 0 Å². The Balaban J connectivity index is 2.30. The van der Waals surface area contributed by atoms with Crippen molar-refractivity contribution in [3.8, 4) is 0 Å². The fourth-order valence-electron chi connectivity index (χ4n) is 2.44. The van der Waals surface area contributed by atoms with Crippen molar-refractivity contribution in [1.82, 2.24) is 10.2 Å². The summed E-state index contributed by atoms with van der Waals surface area (Å²) >= 11 is 0. The Morgan fingerprint density at radius 2 is 2.12 bits per heavy atom. The fourth-order valence-corrected chi connectivity index (χ4v) is 3.55. The third-order valence-electron chi connectivity index (χ3n) is 3.55. The largest absolute Gasteiger partial charge is 0.312 e. The fraction of sp³-hybridized carbons (Fsp3) is 1.00. The highest BCUT2D eigenvalue weighted by atomic mass is 32.2. The van der Waals surface area contributed by atoms with Crippen LogP contribution in [-0.2, 0) is 9.84 Å². The summed E-state index contributed by atoms with van der Waals surface area (Å²) in [5.74, 6) is 0.492. The zero-order chi connectivity index (χ0) is 12.9. The maximum Gasteiger partial charge on any atom is 0.151 e. The summed E-state index contributed by atoms with van der Waals surface area (Å²) in [4.78, 5) is 2.47. The molecule has 5 heteroatoms. The van der Waals surface area contributed by atoms with Gasteiger partial charge in [0.2, 0.25) is 0 Å². The molecule has 0 aromatic carbocycles. The standard InChI is InChI=1S/C12H26N2O2S/c1-4-14-8-6-7-12(14)9-13-11(3)10-17(15,16)5-2/h11-13H,4-10H2,1-3H3. The molecule has 0 spiro atoms. The van der Waals surface area contributed by atoms with Crippen LogP contribution in [0.25, 0.3) is 0 Å². The summed E-state index contributed by atoms with van der Waals surface area (Å²) in [6.45, 7) is 9.03. The van der Waals surface area contributed by atoms with Crippen molar-refractivity contribution >= 4 is 9.84 Å². The van der Waals surface area contributed by atoms with E-state index in [1.54, 1.807) is 6.92 Å². The smallest absolute Gasteiger partial charge is 0.151 e. The maximum absolute atomic E-state index is 11.5. The van der Waals surface area contributed by atoms with Gasteiger partial charge in [-0.25, -0.2) is 8.42 Å². The van der Waals surface area contributed by atoms with E-state index in [0.29, 0.717) is 6.04 Å². The number of likely N-dealkylation sites (tertiary alicyclic amines) is 1. The van der Waals surface area contributed by atoms with Crippen LogP contribution in [0.3, 0.4) is 0 Å². The summed E-state index contributed by atoms with van der Waals surface area (Å²) in [5.41, 5.74) is 0. The molecule has 4 nitrogen and oxygen atoms in total. The van der Waals surface area contributed by atoms with Gasteiger partial charge in [0, 0.05) is 24.4 Å².